The zero-order chi connectivity index (χ0) is 14.8. The summed E-state index contributed by atoms with van der Waals surface area (Å²) >= 11 is 11.1. The number of nitrogens with zero attached hydrogens (tertiary/aromatic N) is 1. The summed E-state index contributed by atoms with van der Waals surface area (Å²) < 4.78 is 26.1. The Bertz CT molecular complexity index is 643. The van der Waals surface area contributed by atoms with Gasteiger partial charge in [-0.15, -0.1) is 0 Å². The number of nitro groups is 1. The SMILES string of the molecule is C=C(Cl)CNS(=O)(=O)c1cc([N+](=O)[O-])c(Cl)cc1C. The molecule has 1 rings (SSSR count). The normalized spacial score (nSPS) is 11.3. The Morgan fingerprint density at radius 1 is 1.53 bits per heavy atom. The first-order valence-electron chi connectivity index (χ1n) is 4.92. The second kappa shape index (κ2) is 5.87. The van der Waals surface area contributed by atoms with E-state index in [1.807, 2.05) is 0 Å². The summed E-state index contributed by atoms with van der Waals surface area (Å²) in [6.45, 7) is 4.66. The second-order valence-electron chi connectivity index (χ2n) is 3.67. The van der Waals surface area contributed by atoms with Crippen LogP contribution in [0.3, 0.4) is 0 Å². The van der Waals surface area contributed by atoms with Crippen molar-refractivity contribution >= 4 is 38.9 Å². The van der Waals surface area contributed by atoms with Crippen molar-refractivity contribution in [1.29, 1.82) is 0 Å². The zero-order valence-electron chi connectivity index (χ0n) is 9.81. The summed E-state index contributed by atoms with van der Waals surface area (Å²) in [5.41, 5.74) is -0.180. The number of sulfonamides is 1. The van der Waals surface area contributed by atoms with Gasteiger partial charge in [-0.25, -0.2) is 13.1 Å². The van der Waals surface area contributed by atoms with Crippen molar-refractivity contribution in [2.45, 2.75) is 11.8 Å². The van der Waals surface area contributed by atoms with Crippen LogP contribution in [0.15, 0.2) is 28.6 Å². The van der Waals surface area contributed by atoms with Gasteiger partial charge in [0.25, 0.3) is 5.69 Å². The maximum Gasteiger partial charge on any atom is 0.289 e. The number of hydrogen-bond acceptors (Lipinski definition) is 4. The third kappa shape index (κ3) is 3.90. The topological polar surface area (TPSA) is 89.3 Å². The molecule has 0 aromatic heterocycles. The molecule has 1 N–H and O–H groups in total. The van der Waals surface area contributed by atoms with E-state index in [1.165, 1.54) is 13.0 Å². The van der Waals surface area contributed by atoms with Crippen molar-refractivity contribution in [1.82, 2.24) is 4.72 Å². The molecule has 0 saturated heterocycles. The first-order chi connectivity index (χ1) is 8.65. The Kier molecular flexibility index (Phi) is 4.92. The highest BCUT2D eigenvalue weighted by molar-refractivity contribution is 7.89. The summed E-state index contributed by atoms with van der Waals surface area (Å²) in [4.78, 5) is 9.78. The van der Waals surface area contributed by atoms with Gasteiger partial charge in [0, 0.05) is 17.6 Å². The molecular weight excluding hydrogens is 315 g/mol. The molecule has 0 amide bonds. The lowest BCUT2D eigenvalue weighted by Gasteiger charge is -2.09. The molecule has 0 fully saturated rings. The molecule has 1 aromatic rings. The van der Waals surface area contributed by atoms with E-state index in [4.69, 9.17) is 23.2 Å². The largest absolute Gasteiger partial charge is 0.289 e. The molecule has 0 unspecified atom stereocenters. The van der Waals surface area contributed by atoms with Crippen molar-refractivity contribution in [3.8, 4) is 0 Å². The summed E-state index contributed by atoms with van der Waals surface area (Å²) in [7, 11) is -3.92. The van der Waals surface area contributed by atoms with Crippen LogP contribution in [0, 0.1) is 17.0 Å². The summed E-state index contributed by atoms with van der Waals surface area (Å²) in [5.74, 6) is 0. The molecule has 6 nitrogen and oxygen atoms in total. The lowest BCUT2D eigenvalue weighted by Crippen LogP contribution is -2.25. The quantitative estimate of drug-likeness (QED) is 0.665. The van der Waals surface area contributed by atoms with Crippen molar-refractivity contribution in [3.05, 3.63) is 44.4 Å². The molecule has 0 aliphatic carbocycles. The monoisotopic (exact) mass is 324 g/mol. The Balaban J connectivity index is 3.30. The fourth-order valence-corrected chi connectivity index (χ4v) is 3.03. The minimum absolute atomic E-state index is 0.102. The van der Waals surface area contributed by atoms with Crippen LogP contribution in [0.25, 0.3) is 0 Å². The average Bonchev–Trinajstić information content (AvgIpc) is 2.25. The van der Waals surface area contributed by atoms with E-state index in [0.717, 1.165) is 6.07 Å². The summed E-state index contributed by atoms with van der Waals surface area (Å²) in [6.07, 6.45) is 0. The highest BCUT2D eigenvalue weighted by Crippen LogP contribution is 2.30. The molecule has 104 valence electrons. The van der Waals surface area contributed by atoms with Gasteiger partial charge in [-0.2, -0.15) is 0 Å². The summed E-state index contributed by atoms with van der Waals surface area (Å²) in [5, 5.41) is 10.7. The first kappa shape index (κ1) is 15.9. The number of benzene rings is 1. The molecule has 0 aliphatic rings. The smallest absolute Gasteiger partial charge is 0.258 e. The van der Waals surface area contributed by atoms with Gasteiger partial charge in [0.1, 0.15) is 5.02 Å². The molecule has 1 aromatic carbocycles. The molecule has 0 spiro atoms. The highest BCUT2D eigenvalue weighted by atomic mass is 35.5. The number of nitro benzene ring substituents is 1. The number of aryl methyl sites for hydroxylation is 1. The van der Waals surface area contributed by atoms with E-state index in [1.54, 1.807) is 0 Å². The van der Waals surface area contributed by atoms with Crippen LogP contribution < -0.4 is 4.72 Å². The summed E-state index contributed by atoms with van der Waals surface area (Å²) in [6, 6.07) is 2.14. The molecule has 19 heavy (non-hydrogen) atoms. The van der Waals surface area contributed by atoms with Crippen molar-refractivity contribution in [2.24, 2.45) is 0 Å². The molecule has 0 radical (unpaired) electrons. The molecule has 9 heteroatoms. The average molecular weight is 325 g/mol. The lowest BCUT2D eigenvalue weighted by atomic mass is 10.2. The predicted octanol–water partition coefficient (Wildman–Crippen LogP) is 2.59. The van der Waals surface area contributed by atoms with E-state index >= 15 is 0 Å². The highest BCUT2D eigenvalue weighted by Gasteiger charge is 2.23. The van der Waals surface area contributed by atoms with Gasteiger partial charge in [0.2, 0.25) is 10.0 Å². The van der Waals surface area contributed by atoms with Crippen LogP contribution in [0.5, 0.6) is 0 Å². The van der Waals surface area contributed by atoms with Gasteiger partial charge in [-0.3, -0.25) is 10.1 Å². The van der Waals surface area contributed by atoms with E-state index in [2.05, 4.69) is 11.3 Å². The molecular formula is C10H10Cl2N2O4S. The number of hydrogen-bond donors (Lipinski definition) is 1. The predicted molar refractivity (Wildman–Crippen MR) is 73.0 cm³/mol. The van der Waals surface area contributed by atoms with Crippen LogP contribution >= 0.6 is 23.2 Å². The van der Waals surface area contributed by atoms with E-state index in [0.29, 0.717) is 5.56 Å². The van der Waals surface area contributed by atoms with Gasteiger partial charge < -0.3 is 0 Å². The van der Waals surface area contributed by atoms with Gasteiger partial charge in [-0.1, -0.05) is 29.8 Å². The lowest BCUT2D eigenvalue weighted by molar-refractivity contribution is -0.384. The minimum atomic E-state index is -3.92. The Labute approximate surface area is 120 Å². The Morgan fingerprint density at radius 3 is 2.58 bits per heavy atom. The molecule has 0 saturated carbocycles. The fraction of sp³-hybridized carbons (Fsp3) is 0.200. The van der Waals surface area contributed by atoms with Crippen LogP contribution in [0.1, 0.15) is 5.56 Å². The maximum absolute atomic E-state index is 12.0. The van der Waals surface area contributed by atoms with Gasteiger partial charge in [-0.05, 0) is 18.6 Å². The van der Waals surface area contributed by atoms with Crippen LogP contribution in [-0.4, -0.2) is 19.9 Å². The van der Waals surface area contributed by atoms with Crippen molar-refractivity contribution in [3.63, 3.8) is 0 Å². The molecule has 0 atom stereocenters. The maximum atomic E-state index is 12.0. The van der Waals surface area contributed by atoms with Crippen LogP contribution in [0.4, 0.5) is 5.69 Å². The van der Waals surface area contributed by atoms with Gasteiger partial charge in [0.15, 0.2) is 0 Å². The van der Waals surface area contributed by atoms with E-state index in [-0.39, 0.29) is 21.5 Å². The zero-order valence-corrected chi connectivity index (χ0v) is 12.1. The fourth-order valence-electron chi connectivity index (χ4n) is 1.32. The molecule has 0 aliphatic heterocycles. The van der Waals surface area contributed by atoms with Crippen molar-refractivity contribution in [2.75, 3.05) is 6.54 Å². The molecule has 0 heterocycles. The second-order valence-corrected chi connectivity index (χ2v) is 6.35. The standard InChI is InChI=1S/C10H10Cl2N2O4S/c1-6-3-8(12)9(14(15)16)4-10(6)19(17,18)13-5-7(2)11/h3-4,13H,2,5H2,1H3. The van der Waals surface area contributed by atoms with Crippen molar-refractivity contribution < 1.29 is 13.3 Å². The first-order valence-corrected chi connectivity index (χ1v) is 7.16. The van der Waals surface area contributed by atoms with Gasteiger partial charge in [0.05, 0.1) is 9.82 Å². The van der Waals surface area contributed by atoms with Gasteiger partial charge >= 0.3 is 0 Å². The number of nitrogens with one attached hydrogen (secondary N) is 1. The van der Waals surface area contributed by atoms with Crippen LogP contribution in [-0.2, 0) is 10.0 Å². The third-order valence-electron chi connectivity index (χ3n) is 2.18. The third-order valence-corrected chi connectivity index (χ3v) is 4.16. The van der Waals surface area contributed by atoms with E-state index in [9.17, 15) is 18.5 Å². The van der Waals surface area contributed by atoms with Crippen LogP contribution in [0.2, 0.25) is 5.02 Å². The molecule has 0 bridgehead atoms. The number of halogens is 2. The van der Waals surface area contributed by atoms with E-state index < -0.39 is 20.6 Å². The minimum Gasteiger partial charge on any atom is -0.258 e. The Hall–Kier alpha value is -1.15. The Morgan fingerprint density at radius 2 is 2.11 bits per heavy atom. The number of rotatable bonds is 5.